The van der Waals surface area contributed by atoms with Gasteiger partial charge in [0.05, 0.1) is 28.9 Å². The highest BCUT2D eigenvalue weighted by atomic mass is 79.9. The molecule has 4 aliphatic rings. The van der Waals surface area contributed by atoms with Gasteiger partial charge in [0.1, 0.15) is 0 Å². The molecule has 2 heterocycles. The van der Waals surface area contributed by atoms with Crippen LogP contribution in [0.15, 0.2) is 28.3 Å². The predicted molar refractivity (Wildman–Crippen MR) is 147 cm³/mol. The molecule has 0 aromatic heterocycles. The number of hydrogen-bond acceptors (Lipinski definition) is 6. The van der Waals surface area contributed by atoms with Crippen molar-refractivity contribution in [2.24, 2.45) is 17.8 Å². The van der Waals surface area contributed by atoms with Crippen LogP contribution < -0.4 is 4.74 Å². The van der Waals surface area contributed by atoms with Crippen LogP contribution in [0, 0.1) is 17.8 Å². The van der Waals surface area contributed by atoms with Crippen molar-refractivity contribution in [3.8, 4) is 11.5 Å². The van der Waals surface area contributed by atoms with Crippen LogP contribution in [0.3, 0.4) is 0 Å². The summed E-state index contributed by atoms with van der Waals surface area (Å²) in [6.07, 6.45) is 2.08. The second kappa shape index (κ2) is 8.94. The van der Waals surface area contributed by atoms with Crippen LogP contribution in [-0.2, 0) is 19.2 Å². The number of rotatable bonds is 3. The van der Waals surface area contributed by atoms with Crippen LogP contribution in [0.5, 0.6) is 11.5 Å². The van der Waals surface area contributed by atoms with Crippen molar-refractivity contribution in [2.75, 3.05) is 12.6 Å². The maximum Gasteiger partial charge on any atom is 0.254 e. The normalized spacial score (nSPS) is 34.8. The van der Waals surface area contributed by atoms with Gasteiger partial charge < -0.3 is 9.84 Å². The summed E-state index contributed by atoms with van der Waals surface area (Å²) in [7, 11) is 1.39. The molecule has 1 N–H and O–H groups in total. The van der Waals surface area contributed by atoms with E-state index >= 15 is 0 Å². The average Bonchev–Trinajstić information content (AvgIpc) is 3.19. The Kier molecular flexibility index (Phi) is 6.57. The Morgan fingerprint density at radius 1 is 1.11 bits per heavy atom. The summed E-state index contributed by atoms with van der Waals surface area (Å²) in [4.78, 5) is 53.2. The van der Waals surface area contributed by atoms with E-state index in [-0.39, 0.29) is 41.6 Å². The Hall–Kier alpha value is -1.62. The monoisotopic (exact) mass is 690 g/mol. The molecule has 5 rings (SSSR count). The van der Waals surface area contributed by atoms with E-state index in [0.717, 1.165) is 4.90 Å². The van der Waals surface area contributed by atoms with Crippen LogP contribution >= 0.6 is 55.1 Å². The third-order valence-corrected chi connectivity index (χ3v) is 10.8. The topological polar surface area (TPSA) is 104 Å². The number of hydrogen-bond donors (Lipinski definition) is 1. The Balaban J connectivity index is 1.75. The minimum Gasteiger partial charge on any atom is -0.503 e. The molecule has 2 aliphatic heterocycles. The number of allylic oxidation sites excluding steroid dienone is 2. The lowest BCUT2D eigenvalue weighted by atomic mass is 9.56. The summed E-state index contributed by atoms with van der Waals surface area (Å²) in [6, 6.07) is 3.16. The fraction of sp³-hybridized carbons (Fsp3) is 0.538. The van der Waals surface area contributed by atoms with E-state index in [9.17, 15) is 24.3 Å². The summed E-state index contributed by atoms with van der Waals surface area (Å²) in [5.41, 5.74) is 0.318. The molecule has 0 unspecified atom stereocenters. The molecule has 1 aromatic rings. The van der Waals surface area contributed by atoms with E-state index in [1.165, 1.54) is 12.0 Å². The third-order valence-electron chi connectivity index (χ3n) is 8.29. The fourth-order valence-electron chi connectivity index (χ4n) is 6.70. The molecule has 38 heavy (non-hydrogen) atoms. The Morgan fingerprint density at radius 3 is 2.34 bits per heavy atom. The number of fused-ring (bicyclic) bond motifs is 4. The van der Waals surface area contributed by atoms with Gasteiger partial charge >= 0.3 is 0 Å². The number of nitrogens with zero attached hydrogens (tertiary/aromatic N) is 2. The predicted octanol–water partition coefficient (Wildman–Crippen LogP) is 4.67. The first kappa shape index (κ1) is 27.9. The van der Waals surface area contributed by atoms with Crippen LogP contribution in [-0.4, -0.2) is 66.4 Å². The van der Waals surface area contributed by atoms with E-state index in [0.29, 0.717) is 15.6 Å². The molecule has 2 saturated heterocycles. The number of likely N-dealkylation sites (tertiary alicyclic amines) is 2. The van der Waals surface area contributed by atoms with E-state index < -0.39 is 50.8 Å². The molecular weight excluding hydrogens is 667 g/mol. The van der Waals surface area contributed by atoms with E-state index in [2.05, 4.69) is 31.9 Å². The SMILES string of the molecule is COc1cc([C@H]2C3=CC[C@@H]4C(=O)N(C(C)(C)C)C(=O)[C@@H]4[C@@H]3C[C@@]3(Cl)C(=O)N(CBr)C(=O)[C@@]23Cl)cc(Br)c1O. The van der Waals surface area contributed by atoms with Gasteiger partial charge in [-0.05, 0) is 73.2 Å². The molecule has 4 amide bonds. The smallest absolute Gasteiger partial charge is 0.254 e. The first-order valence-corrected chi connectivity index (χ1v) is 14.8. The van der Waals surface area contributed by atoms with E-state index in [1.54, 1.807) is 32.9 Å². The van der Waals surface area contributed by atoms with Crippen molar-refractivity contribution in [3.63, 3.8) is 0 Å². The van der Waals surface area contributed by atoms with Gasteiger partial charge in [-0.3, -0.25) is 29.0 Å². The molecule has 1 saturated carbocycles. The molecule has 204 valence electrons. The molecule has 12 heteroatoms. The first-order chi connectivity index (χ1) is 17.6. The van der Waals surface area contributed by atoms with Gasteiger partial charge in [0.15, 0.2) is 21.2 Å². The lowest BCUT2D eigenvalue weighted by molar-refractivity contribution is -0.146. The summed E-state index contributed by atoms with van der Waals surface area (Å²) in [5, 5.41) is 10.5. The van der Waals surface area contributed by atoms with Crippen molar-refractivity contribution >= 4 is 78.7 Å². The number of carbonyl (C=O) groups is 4. The lowest BCUT2D eigenvalue weighted by Gasteiger charge is -2.50. The van der Waals surface area contributed by atoms with Crippen LogP contribution in [0.2, 0.25) is 0 Å². The highest BCUT2D eigenvalue weighted by Gasteiger charge is 2.76. The highest BCUT2D eigenvalue weighted by molar-refractivity contribution is 9.10. The number of methoxy groups -OCH3 is 1. The van der Waals surface area contributed by atoms with E-state index in [4.69, 9.17) is 27.9 Å². The Morgan fingerprint density at radius 2 is 1.76 bits per heavy atom. The summed E-state index contributed by atoms with van der Waals surface area (Å²) in [5.74, 6) is -4.80. The van der Waals surface area contributed by atoms with Gasteiger partial charge in [0, 0.05) is 11.5 Å². The van der Waals surface area contributed by atoms with Crippen LogP contribution in [0.4, 0.5) is 0 Å². The van der Waals surface area contributed by atoms with Crippen LogP contribution in [0.25, 0.3) is 0 Å². The number of carbonyl (C=O) groups excluding carboxylic acids is 4. The molecule has 0 spiro atoms. The molecule has 0 radical (unpaired) electrons. The second-order valence-corrected chi connectivity index (χ2v) is 13.8. The number of amides is 4. The van der Waals surface area contributed by atoms with Crippen molar-refractivity contribution in [1.82, 2.24) is 9.80 Å². The van der Waals surface area contributed by atoms with Gasteiger partial charge in [0.2, 0.25) is 11.8 Å². The van der Waals surface area contributed by atoms with Gasteiger partial charge in [0.25, 0.3) is 11.8 Å². The standard InChI is InChI=1S/C26H26Br2Cl2N2O6/c1-24(2,3)32-20(34)13-6-5-12-14(17(13)21(32)35)9-25(29)22(36)31(10-27)23(37)26(25,30)18(12)11-7-15(28)19(33)16(8-11)38-4/h5,7-8,13-14,17-18,33H,6,9-10H2,1-4H3/t13-,14+,17-,18-,25+,26-/m0/s1. The maximum atomic E-state index is 13.8. The fourth-order valence-corrected chi connectivity index (χ4v) is 8.59. The molecule has 3 fully saturated rings. The number of halogens is 4. The van der Waals surface area contributed by atoms with Gasteiger partial charge in [-0.1, -0.05) is 27.6 Å². The quantitative estimate of drug-likeness (QED) is 0.214. The molecule has 8 nitrogen and oxygen atoms in total. The maximum absolute atomic E-state index is 13.8. The van der Waals surface area contributed by atoms with Gasteiger partial charge in [-0.2, -0.15) is 0 Å². The average molecular weight is 693 g/mol. The van der Waals surface area contributed by atoms with Crippen molar-refractivity contribution in [2.45, 2.75) is 54.8 Å². The number of phenols is 1. The first-order valence-electron chi connectivity index (χ1n) is 12.1. The van der Waals surface area contributed by atoms with Crippen molar-refractivity contribution in [1.29, 1.82) is 0 Å². The Bertz CT molecular complexity index is 1330. The summed E-state index contributed by atoms with van der Waals surface area (Å²) >= 11 is 21.0. The lowest BCUT2D eigenvalue weighted by Crippen LogP contribution is -2.60. The van der Waals surface area contributed by atoms with Crippen molar-refractivity contribution < 1.29 is 29.0 Å². The second-order valence-electron chi connectivity index (χ2n) is 11.2. The molecule has 1 aromatic carbocycles. The number of phenolic OH excluding ortho intramolecular Hbond substituents is 1. The molecule has 6 atom stereocenters. The zero-order valence-electron chi connectivity index (χ0n) is 21.1. The summed E-state index contributed by atoms with van der Waals surface area (Å²) in [6.45, 7) is 5.41. The number of alkyl halides is 3. The number of ether oxygens (including phenoxy) is 1. The molecule has 0 bridgehead atoms. The summed E-state index contributed by atoms with van der Waals surface area (Å²) < 4.78 is 5.65. The number of benzene rings is 1. The number of imide groups is 2. The van der Waals surface area contributed by atoms with Gasteiger partial charge in [-0.15, -0.1) is 23.2 Å². The largest absolute Gasteiger partial charge is 0.503 e. The third kappa shape index (κ3) is 3.45. The van der Waals surface area contributed by atoms with Crippen LogP contribution in [0.1, 0.15) is 45.1 Å². The highest BCUT2D eigenvalue weighted by Crippen LogP contribution is 2.66. The van der Waals surface area contributed by atoms with E-state index in [1.807, 2.05) is 6.08 Å². The minimum atomic E-state index is -1.93. The van der Waals surface area contributed by atoms with Crippen molar-refractivity contribution in [3.05, 3.63) is 33.8 Å². The van der Waals surface area contributed by atoms with Gasteiger partial charge in [-0.25, -0.2) is 0 Å². The molecular formula is C26H26Br2Cl2N2O6. The zero-order valence-corrected chi connectivity index (χ0v) is 25.7. The zero-order chi connectivity index (χ0) is 28.1. The minimum absolute atomic E-state index is 0.0803. The Labute approximate surface area is 246 Å². The molecule has 2 aliphatic carbocycles. The number of aromatic hydroxyl groups is 1.